The van der Waals surface area contributed by atoms with Gasteiger partial charge in [-0.05, 0) is 38.1 Å². The van der Waals surface area contributed by atoms with Crippen molar-refractivity contribution >= 4 is 0 Å². The molecule has 1 rings (SSSR count). The van der Waals surface area contributed by atoms with E-state index in [1.165, 1.54) is 6.07 Å². The zero-order valence-electron chi connectivity index (χ0n) is 11.4. The van der Waals surface area contributed by atoms with Crippen molar-refractivity contribution in [2.45, 2.75) is 19.9 Å². The van der Waals surface area contributed by atoms with Crippen molar-refractivity contribution in [3.8, 4) is 0 Å². The quantitative estimate of drug-likeness (QED) is 0.757. The Labute approximate surface area is 109 Å². The Balaban J connectivity index is 2.72. The average Bonchev–Trinajstić information content (AvgIpc) is 2.35. The highest BCUT2D eigenvalue weighted by atomic mass is 19.1. The number of likely N-dealkylation sites (N-methyl/N-ethyl adjacent to an activating group) is 1. The summed E-state index contributed by atoms with van der Waals surface area (Å²) in [6, 6.07) is 5.27. The molecule has 1 aromatic rings. The van der Waals surface area contributed by atoms with Crippen LogP contribution in [-0.4, -0.2) is 38.3 Å². The van der Waals surface area contributed by atoms with Crippen molar-refractivity contribution in [3.05, 3.63) is 35.1 Å². The molecular weight excluding hydrogens is 231 g/mol. The zero-order valence-corrected chi connectivity index (χ0v) is 11.4. The van der Waals surface area contributed by atoms with E-state index >= 15 is 0 Å². The van der Waals surface area contributed by atoms with Gasteiger partial charge in [0.25, 0.3) is 0 Å². The summed E-state index contributed by atoms with van der Waals surface area (Å²) in [5, 5.41) is 0. The average molecular weight is 254 g/mol. The predicted octanol–water partition coefficient (Wildman–Crippen LogP) is 2.10. The Kier molecular flexibility index (Phi) is 6.25. The van der Waals surface area contributed by atoms with E-state index in [1.54, 1.807) is 13.0 Å². The number of nitrogens with zero attached hydrogens (tertiary/aromatic N) is 1. The van der Waals surface area contributed by atoms with Gasteiger partial charge >= 0.3 is 0 Å². The van der Waals surface area contributed by atoms with Crippen LogP contribution < -0.4 is 5.73 Å². The topological polar surface area (TPSA) is 38.5 Å². The summed E-state index contributed by atoms with van der Waals surface area (Å²) >= 11 is 0. The first-order valence-electron chi connectivity index (χ1n) is 6.34. The molecule has 0 aromatic heterocycles. The lowest BCUT2D eigenvalue weighted by atomic mass is 10.0. The lowest BCUT2D eigenvalue weighted by Crippen LogP contribution is -2.33. The van der Waals surface area contributed by atoms with Crippen LogP contribution in [0.3, 0.4) is 0 Å². The Morgan fingerprint density at radius 3 is 2.72 bits per heavy atom. The largest absolute Gasteiger partial charge is 0.380 e. The van der Waals surface area contributed by atoms with Crippen molar-refractivity contribution in [1.82, 2.24) is 4.90 Å². The molecule has 0 radical (unpaired) electrons. The Bertz CT molecular complexity index is 371. The summed E-state index contributed by atoms with van der Waals surface area (Å²) in [6.07, 6.45) is 0. The van der Waals surface area contributed by atoms with Crippen molar-refractivity contribution in [2.24, 2.45) is 5.73 Å². The minimum Gasteiger partial charge on any atom is -0.380 e. The van der Waals surface area contributed by atoms with Gasteiger partial charge in [-0.3, -0.25) is 4.90 Å². The molecule has 1 unspecified atom stereocenters. The minimum absolute atomic E-state index is 0.102. The number of hydrogen-bond acceptors (Lipinski definition) is 3. The van der Waals surface area contributed by atoms with Crippen molar-refractivity contribution in [1.29, 1.82) is 0 Å². The van der Waals surface area contributed by atoms with Crippen LogP contribution in [0, 0.1) is 12.7 Å². The number of halogens is 1. The zero-order chi connectivity index (χ0) is 13.5. The maximum absolute atomic E-state index is 13.3. The molecule has 0 aliphatic carbocycles. The van der Waals surface area contributed by atoms with Crippen LogP contribution in [0.5, 0.6) is 0 Å². The number of nitrogens with two attached hydrogens (primary N) is 1. The summed E-state index contributed by atoms with van der Waals surface area (Å²) in [7, 11) is 2.01. The summed E-state index contributed by atoms with van der Waals surface area (Å²) < 4.78 is 18.6. The van der Waals surface area contributed by atoms with E-state index in [4.69, 9.17) is 10.5 Å². The molecule has 3 nitrogen and oxygen atoms in total. The number of benzene rings is 1. The monoisotopic (exact) mass is 254 g/mol. The van der Waals surface area contributed by atoms with E-state index < -0.39 is 0 Å². The van der Waals surface area contributed by atoms with Crippen LogP contribution in [0.15, 0.2) is 18.2 Å². The summed E-state index contributed by atoms with van der Waals surface area (Å²) in [5.41, 5.74) is 7.53. The molecule has 0 aliphatic heterocycles. The first-order valence-corrected chi connectivity index (χ1v) is 6.34. The van der Waals surface area contributed by atoms with E-state index in [-0.39, 0.29) is 11.9 Å². The Morgan fingerprint density at radius 2 is 2.17 bits per heavy atom. The number of hydrogen-bond donors (Lipinski definition) is 1. The molecule has 0 heterocycles. The maximum Gasteiger partial charge on any atom is 0.126 e. The lowest BCUT2D eigenvalue weighted by Gasteiger charge is -2.27. The summed E-state index contributed by atoms with van der Waals surface area (Å²) in [4.78, 5) is 2.14. The maximum atomic E-state index is 13.3. The van der Waals surface area contributed by atoms with E-state index in [0.29, 0.717) is 18.7 Å². The van der Waals surface area contributed by atoms with Gasteiger partial charge in [-0.1, -0.05) is 12.1 Å². The van der Waals surface area contributed by atoms with Crippen molar-refractivity contribution in [2.75, 3.05) is 33.4 Å². The van der Waals surface area contributed by atoms with Gasteiger partial charge in [0.15, 0.2) is 0 Å². The molecule has 0 spiro atoms. The van der Waals surface area contributed by atoms with Gasteiger partial charge in [0, 0.05) is 25.7 Å². The van der Waals surface area contributed by atoms with Gasteiger partial charge in [0.1, 0.15) is 5.82 Å². The van der Waals surface area contributed by atoms with Crippen LogP contribution in [0.1, 0.15) is 24.1 Å². The third kappa shape index (κ3) is 4.05. The fourth-order valence-electron chi connectivity index (χ4n) is 1.95. The fraction of sp³-hybridized carbons (Fsp3) is 0.571. The number of rotatable bonds is 7. The molecule has 18 heavy (non-hydrogen) atoms. The molecule has 0 saturated heterocycles. The predicted molar refractivity (Wildman–Crippen MR) is 72.1 cm³/mol. The molecule has 102 valence electrons. The highest BCUT2D eigenvalue weighted by molar-refractivity contribution is 5.26. The summed E-state index contributed by atoms with van der Waals surface area (Å²) in [6.45, 7) is 6.47. The Hall–Kier alpha value is -0.970. The van der Waals surface area contributed by atoms with Gasteiger partial charge < -0.3 is 10.5 Å². The first kappa shape index (κ1) is 15.1. The second-order valence-corrected chi connectivity index (χ2v) is 4.44. The van der Waals surface area contributed by atoms with Gasteiger partial charge in [-0.15, -0.1) is 0 Å². The standard InChI is InChI=1S/C14H23FN2O/c1-4-18-8-7-17(3)14(10-16)12-5-6-13(15)11(2)9-12/h5-6,9,14H,4,7-8,10,16H2,1-3H3. The van der Waals surface area contributed by atoms with E-state index in [0.717, 1.165) is 18.7 Å². The van der Waals surface area contributed by atoms with Crippen LogP contribution in [0.25, 0.3) is 0 Å². The normalized spacial score (nSPS) is 13.0. The van der Waals surface area contributed by atoms with Crippen molar-refractivity contribution < 1.29 is 9.13 Å². The highest BCUT2D eigenvalue weighted by Gasteiger charge is 2.15. The van der Waals surface area contributed by atoms with E-state index in [1.807, 2.05) is 20.0 Å². The van der Waals surface area contributed by atoms with Crippen molar-refractivity contribution in [3.63, 3.8) is 0 Å². The van der Waals surface area contributed by atoms with Crippen LogP contribution in [0.4, 0.5) is 4.39 Å². The van der Waals surface area contributed by atoms with Crippen LogP contribution in [0.2, 0.25) is 0 Å². The third-order valence-electron chi connectivity index (χ3n) is 3.11. The fourth-order valence-corrected chi connectivity index (χ4v) is 1.95. The number of aryl methyl sites for hydroxylation is 1. The van der Waals surface area contributed by atoms with Crippen LogP contribution >= 0.6 is 0 Å². The van der Waals surface area contributed by atoms with Gasteiger partial charge in [0.05, 0.1) is 6.61 Å². The SMILES string of the molecule is CCOCCN(C)C(CN)c1ccc(F)c(C)c1. The second kappa shape index (κ2) is 7.46. The molecular formula is C14H23FN2O. The second-order valence-electron chi connectivity index (χ2n) is 4.44. The van der Waals surface area contributed by atoms with E-state index in [9.17, 15) is 4.39 Å². The Morgan fingerprint density at radius 1 is 1.44 bits per heavy atom. The summed E-state index contributed by atoms with van der Waals surface area (Å²) in [5.74, 6) is -0.175. The molecule has 1 atom stereocenters. The lowest BCUT2D eigenvalue weighted by molar-refractivity contribution is 0.108. The molecule has 0 amide bonds. The molecule has 0 saturated carbocycles. The molecule has 0 aliphatic rings. The van der Waals surface area contributed by atoms with Gasteiger partial charge in [0.2, 0.25) is 0 Å². The number of ether oxygens (including phenoxy) is 1. The molecule has 1 aromatic carbocycles. The van der Waals surface area contributed by atoms with Crippen LogP contribution in [-0.2, 0) is 4.74 Å². The molecule has 0 fully saturated rings. The molecule has 0 bridgehead atoms. The van der Waals surface area contributed by atoms with Gasteiger partial charge in [-0.2, -0.15) is 0 Å². The highest BCUT2D eigenvalue weighted by Crippen LogP contribution is 2.20. The molecule has 4 heteroatoms. The minimum atomic E-state index is -0.175. The van der Waals surface area contributed by atoms with Gasteiger partial charge in [-0.25, -0.2) is 4.39 Å². The third-order valence-corrected chi connectivity index (χ3v) is 3.11. The first-order chi connectivity index (χ1) is 8.60. The smallest absolute Gasteiger partial charge is 0.126 e. The molecule has 2 N–H and O–H groups in total. The van der Waals surface area contributed by atoms with E-state index in [2.05, 4.69) is 4.90 Å².